The predicted octanol–water partition coefficient (Wildman–Crippen LogP) is 3.68. The average molecular weight is 487 g/mol. The van der Waals surface area contributed by atoms with Gasteiger partial charge in [0.15, 0.2) is 17.5 Å². The van der Waals surface area contributed by atoms with Crippen molar-refractivity contribution in [3.8, 4) is 11.5 Å². The summed E-state index contributed by atoms with van der Waals surface area (Å²) in [6, 6.07) is 5.74. The minimum Gasteiger partial charge on any atom is -0.493 e. The van der Waals surface area contributed by atoms with E-state index in [0.717, 1.165) is 49.2 Å². The van der Waals surface area contributed by atoms with Gasteiger partial charge in [0.1, 0.15) is 5.82 Å². The number of unbranched alkanes of at least 4 members (excludes halogenated alkanes) is 1. The van der Waals surface area contributed by atoms with Crippen LogP contribution in [-0.4, -0.2) is 42.8 Å². The normalized spacial score (nSPS) is 10.9. The molecule has 0 amide bonds. The number of hydrogen-bond donors (Lipinski definition) is 2. The monoisotopic (exact) mass is 487 g/mol. The Labute approximate surface area is 178 Å². The zero-order valence-corrected chi connectivity index (χ0v) is 18.8. The molecule has 27 heavy (non-hydrogen) atoms. The van der Waals surface area contributed by atoms with Gasteiger partial charge in [0.05, 0.1) is 13.7 Å². The van der Waals surface area contributed by atoms with E-state index in [-0.39, 0.29) is 24.0 Å². The summed E-state index contributed by atoms with van der Waals surface area (Å²) < 4.78 is 13.1. The van der Waals surface area contributed by atoms with Gasteiger partial charge in [-0.3, -0.25) is 4.99 Å². The van der Waals surface area contributed by atoms with Crippen LogP contribution in [0.4, 0.5) is 5.69 Å². The SMILES string of the molecule is CCOc1cc(NC(=NC)NCCCCn2ccnc2C)ccc1OC.I. The summed E-state index contributed by atoms with van der Waals surface area (Å²) in [6.07, 6.45) is 5.98. The fourth-order valence-electron chi connectivity index (χ4n) is 2.59. The molecule has 2 aromatic rings. The minimum absolute atomic E-state index is 0. The lowest BCUT2D eigenvalue weighted by Gasteiger charge is -2.14. The van der Waals surface area contributed by atoms with Crippen molar-refractivity contribution in [2.75, 3.05) is 32.6 Å². The molecule has 0 fully saturated rings. The van der Waals surface area contributed by atoms with Crippen molar-refractivity contribution in [1.29, 1.82) is 0 Å². The highest BCUT2D eigenvalue weighted by Crippen LogP contribution is 2.30. The number of hydrogen-bond acceptors (Lipinski definition) is 4. The van der Waals surface area contributed by atoms with Gasteiger partial charge in [0, 0.05) is 44.3 Å². The molecule has 0 unspecified atom stereocenters. The van der Waals surface area contributed by atoms with Crippen LogP contribution in [0.25, 0.3) is 0 Å². The first-order valence-corrected chi connectivity index (χ1v) is 8.94. The largest absolute Gasteiger partial charge is 0.493 e. The number of aliphatic imine (C=N–C) groups is 1. The number of benzene rings is 1. The summed E-state index contributed by atoms with van der Waals surface area (Å²) in [5, 5.41) is 6.62. The first-order valence-electron chi connectivity index (χ1n) is 8.94. The van der Waals surface area contributed by atoms with Crippen molar-refractivity contribution < 1.29 is 9.47 Å². The van der Waals surface area contributed by atoms with E-state index < -0.39 is 0 Å². The maximum Gasteiger partial charge on any atom is 0.195 e. The number of rotatable bonds is 9. The van der Waals surface area contributed by atoms with Crippen LogP contribution in [-0.2, 0) is 6.54 Å². The molecule has 2 N–H and O–H groups in total. The standard InChI is InChI=1S/C19H29N5O2.HI/c1-5-26-18-14-16(8-9-17(18)25-4)23-19(20-3)22-10-6-7-12-24-13-11-21-15(24)2;/h8-9,11,13-14H,5-7,10,12H2,1-4H3,(H2,20,22,23);1H. The lowest BCUT2D eigenvalue weighted by molar-refractivity contribution is 0.311. The molecular formula is C19H30IN5O2. The summed E-state index contributed by atoms with van der Waals surface area (Å²) in [5.41, 5.74) is 0.899. The molecule has 8 heteroatoms. The van der Waals surface area contributed by atoms with Gasteiger partial charge >= 0.3 is 0 Å². The smallest absolute Gasteiger partial charge is 0.195 e. The molecule has 0 atom stereocenters. The maximum absolute atomic E-state index is 5.61. The average Bonchev–Trinajstić information content (AvgIpc) is 3.06. The van der Waals surface area contributed by atoms with Crippen LogP contribution >= 0.6 is 24.0 Å². The number of halogens is 1. The predicted molar refractivity (Wildman–Crippen MR) is 121 cm³/mol. The van der Waals surface area contributed by atoms with Gasteiger partial charge in [-0.05, 0) is 38.8 Å². The zero-order chi connectivity index (χ0) is 18.8. The van der Waals surface area contributed by atoms with E-state index >= 15 is 0 Å². The highest BCUT2D eigenvalue weighted by molar-refractivity contribution is 14.0. The third-order valence-corrected chi connectivity index (χ3v) is 3.99. The van der Waals surface area contributed by atoms with Gasteiger partial charge in [0.25, 0.3) is 0 Å². The van der Waals surface area contributed by atoms with Crippen molar-refractivity contribution >= 4 is 35.6 Å². The number of imidazole rings is 1. The fraction of sp³-hybridized carbons (Fsp3) is 0.474. The Kier molecular flexibility index (Phi) is 10.6. The summed E-state index contributed by atoms with van der Waals surface area (Å²) in [5.74, 6) is 3.22. The number of nitrogens with zero attached hydrogens (tertiary/aromatic N) is 3. The quantitative estimate of drug-likeness (QED) is 0.244. The highest BCUT2D eigenvalue weighted by atomic mass is 127. The fourth-order valence-corrected chi connectivity index (χ4v) is 2.59. The Balaban J connectivity index is 0.00000364. The van der Waals surface area contributed by atoms with Crippen LogP contribution in [0.15, 0.2) is 35.6 Å². The van der Waals surface area contributed by atoms with Gasteiger partial charge < -0.3 is 24.7 Å². The minimum atomic E-state index is 0. The van der Waals surface area contributed by atoms with Crippen LogP contribution in [0, 0.1) is 6.92 Å². The topological polar surface area (TPSA) is 72.7 Å². The summed E-state index contributed by atoms with van der Waals surface area (Å²) >= 11 is 0. The molecule has 0 aliphatic rings. The Bertz CT molecular complexity index is 718. The summed E-state index contributed by atoms with van der Waals surface area (Å²) in [7, 11) is 3.40. The van der Waals surface area contributed by atoms with Gasteiger partial charge in [-0.1, -0.05) is 0 Å². The number of ether oxygens (including phenoxy) is 2. The maximum atomic E-state index is 5.61. The Morgan fingerprint density at radius 2 is 2.07 bits per heavy atom. The van der Waals surface area contributed by atoms with E-state index in [9.17, 15) is 0 Å². The van der Waals surface area contributed by atoms with Crippen LogP contribution in [0.2, 0.25) is 0 Å². The molecule has 1 aromatic carbocycles. The van der Waals surface area contributed by atoms with E-state index in [0.29, 0.717) is 12.4 Å². The molecule has 1 aromatic heterocycles. The number of aryl methyl sites for hydroxylation is 2. The van der Waals surface area contributed by atoms with Crippen molar-refractivity contribution in [2.45, 2.75) is 33.2 Å². The van der Waals surface area contributed by atoms with Crippen LogP contribution < -0.4 is 20.1 Å². The van der Waals surface area contributed by atoms with E-state index in [2.05, 4.69) is 25.2 Å². The van der Waals surface area contributed by atoms with Crippen molar-refractivity contribution in [2.24, 2.45) is 4.99 Å². The number of guanidine groups is 1. The van der Waals surface area contributed by atoms with Gasteiger partial charge in [-0.2, -0.15) is 0 Å². The second kappa shape index (κ2) is 12.4. The second-order valence-corrected chi connectivity index (χ2v) is 5.80. The molecule has 0 bridgehead atoms. The van der Waals surface area contributed by atoms with E-state index in [4.69, 9.17) is 9.47 Å². The number of aromatic nitrogens is 2. The van der Waals surface area contributed by atoms with Gasteiger partial charge in [-0.15, -0.1) is 24.0 Å². The van der Waals surface area contributed by atoms with Crippen molar-refractivity contribution in [3.63, 3.8) is 0 Å². The molecule has 0 saturated heterocycles. The molecule has 150 valence electrons. The third-order valence-electron chi connectivity index (χ3n) is 3.99. The van der Waals surface area contributed by atoms with E-state index in [1.807, 2.05) is 44.4 Å². The molecule has 0 radical (unpaired) electrons. The van der Waals surface area contributed by atoms with Crippen molar-refractivity contribution in [3.05, 3.63) is 36.4 Å². The van der Waals surface area contributed by atoms with Crippen molar-refractivity contribution in [1.82, 2.24) is 14.9 Å². The molecule has 0 aliphatic carbocycles. The molecule has 0 aliphatic heterocycles. The molecule has 0 spiro atoms. The van der Waals surface area contributed by atoms with Gasteiger partial charge in [0.2, 0.25) is 0 Å². The zero-order valence-electron chi connectivity index (χ0n) is 16.5. The molecule has 7 nitrogen and oxygen atoms in total. The first kappa shape index (κ1) is 23.1. The lowest BCUT2D eigenvalue weighted by atomic mass is 10.2. The van der Waals surface area contributed by atoms with Gasteiger partial charge in [-0.25, -0.2) is 4.98 Å². The Hall–Kier alpha value is -1.97. The van der Waals surface area contributed by atoms with Crippen LogP contribution in [0.3, 0.4) is 0 Å². The Morgan fingerprint density at radius 1 is 1.26 bits per heavy atom. The molecular weight excluding hydrogens is 457 g/mol. The number of nitrogens with one attached hydrogen (secondary N) is 2. The van der Waals surface area contributed by atoms with E-state index in [1.54, 1.807) is 14.2 Å². The summed E-state index contributed by atoms with van der Waals surface area (Å²) in [6.45, 7) is 6.39. The lowest BCUT2D eigenvalue weighted by Crippen LogP contribution is -2.31. The van der Waals surface area contributed by atoms with Crippen LogP contribution in [0.1, 0.15) is 25.6 Å². The molecule has 2 rings (SSSR count). The third kappa shape index (κ3) is 7.28. The first-order chi connectivity index (χ1) is 12.7. The number of methoxy groups -OCH3 is 1. The Morgan fingerprint density at radius 3 is 2.70 bits per heavy atom. The molecule has 0 saturated carbocycles. The van der Waals surface area contributed by atoms with E-state index in [1.165, 1.54) is 0 Å². The van der Waals surface area contributed by atoms with Crippen LogP contribution in [0.5, 0.6) is 11.5 Å². The second-order valence-electron chi connectivity index (χ2n) is 5.80. The number of anilines is 1. The molecule has 1 heterocycles. The summed E-state index contributed by atoms with van der Waals surface area (Å²) in [4.78, 5) is 8.51. The highest BCUT2D eigenvalue weighted by Gasteiger charge is 2.07.